The van der Waals surface area contributed by atoms with E-state index in [9.17, 15) is 24.3 Å². The number of aromatic nitrogens is 1. The number of carbonyl (C=O) groups excluding carboxylic acids is 3. The summed E-state index contributed by atoms with van der Waals surface area (Å²) in [6, 6.07) is 12.0. The van der Waals surface area contributed by atoms with Crippen molar-refractivity contribution in [1.29, 1.82) is 0 Å². The molecule has 4 rings (SSSR count). The number of nitrogens with one attached hydrogen (secondary N) is 1. The number of primary amides is 1. The molecule has 1 unspecified atom stereocenters. The Bertz CT molecular complexity index is 1240. The number of aliphatic hydroxyl groups excluding tert-OH is 1. The van der Waals surface area contributed by atoms with Crippen LogP contribution in [0.3, 0.4) is 0 Å². The molecule has 9 heteroatoms. The Kier molecular flexibility index (Phi) is 4.96. The van der Waals surface area contributed by atoms with Gasteiger partial charge in [-0.2, -0.15) is 0 Å². The molecule has 1 aliphatic rings. The summed E-state index contributed by atoms with van der Waals surface area (Å²) in [6.45, 7) is 0.104. The zero-order valence-corrected chi connectivity index (χ0v) is 16.0. The van der Waals surface area contributed by atoms with Crippen LogP contribution in [-0.2, 0) is 9.59 Å². The van der Waals surface area contributed by atoms with Gasteiger partial charge in [0, 0.05) is 53.5 Å². The van der Waals surface area contributed by atoms with Crippen molar-refractivity contribution >= 4 is 39.5 Å². The quantitative estimate of drug-likeness (QED) is 0.379. The van der Waals surface area contributed by atoms with Gasteiger partial charge in [-0.1, -0.05) is 12.1 Å². The molecule has 4 N–H and O–H groups in total. The van der Waals surface area contributed by atoms with Crippen LogP contribution in [0.25, 0.3) is 21.8 Å². The first-order valence-electron chi connectivity index (χ1n) is 9.46. The molecule has 9 nitrogen and oxygen atoms in total. The fourth-order valence-electron chi connectivity index (χ4n) is 3.75. The summed E-state index contributed by atoms with van der Waals surface area (Å²) in [4.78, 5) is 54.6. The number of H-pyrrole nitrogens is 1. The first-order chi connectivity index (χ1) is 14.3. The van der Waals surface area contributed by atoms with Crippen molar-refractivity contribution in [3.63, 3.8) is 0 Å². The molecule has 0 aliphatic carbocycles. The maximum absolute atomic E-state index is 13.0. The lowest BCUT2D eigenvalue weighted by molar-refractivity contribution is -0.144. The van der Waals surface area contributed by atoms with Gasteiger partial charge in [0.2, 0.25) is 0 Å². The van der Waals surface area contributed by atoms with Gasteiger partial charge in [0.25, 0.3) is 5.91 Å². The van der Waals surface area contributed by atoms with E-state index in [4.69, 9.17) is 5.73 Å². The van der Waals surface area contributed by atoms with Gasteiger partial charge in [0.15, 0.2) is 5.43 Å². The second-order valence-corrected chi connectivity index (χ2v) is 7.28. The van der Waals surface area contributed by atoms with Gasteiger partial charge in [-0.15, -0.1) is 0 Å². The summed E-state index contributed by atoms with van der Waals surface area (Å²) in [6.07, 6.45) is -1.02. The smallest absolute Gasteiger partial charge is 0.311 e. The molecule has 30 heavy (non-hydrogen) atoms. The molecule has 3 amide bonds. The van der Waals surface area contributed by atoms with E-state index in [2.05, 4.69) is 4.98 Å². The maximum atomic E-state index is 13.0. The van der Waals surface area contributed by atoms with Crippen molar-refractivity contribution in [2.45, 2.75) is 6.10 Å². The molecule has 154 valence electrons. The summed E-state index contributed by atoms with van der Waals surface area (Å²) in [7, 11) is 0. The third kappa shape index (κ3) is 3.50. The Balaban J connectivity index is 1.65. The number of fused-ring (bicyclic) bond motifs is 2. The van der Waals surface area contributed by atoms with E-state index in [-0.39, 0.29) is 37.5 Å². The van der Waals surface area contributed by atoms with Crippen LogP contribution in [-0.4, -0.2) is 69.9 Å². The number of nitrogens with two attached hydrogens (primary N) is 1. The number of nitrogens with zero attached hydrogens (tertiary/aromatic N) is 2. The number of pyridine rings is 1. The number of rotatable bonds is 1. The highest BCUT2D eigenvalue weighted by molar-refractivity contribution is 6.34. The van der Waals surface area contributed by atoms with Crippen LogP contribution in [0.4, 0.5) is 0 Å². The van der Waals surface area contributed by atoms with Crippen LogP contribution in [0.5, 0.6) is 0 Å². The average molecular weight is 408 g/mol. The van der Waals surface area contributed by atoms with Gasteiger partial charge < -0.3 is 25.6 Å². The number of amides is 3. The Hall–Kier alpha value is -3.72. The molecule has 1 atom stereocenters. The summed E-state index contributed by atoms with van der Waals surface area (Å²) in [5, 5.41) is 11.1. The van der Waals surface area contributed by atoms with Crippen LogP contribution in [0.2, 0.25) is 0 Å². The fraction of sp³-hybridized carbons (Fsp3) is 0.238. The predicted molar refractivity (Wildman–Crippen MR) is 110 cm³/mol. The number of hydrogen-bond acceptors (Lipinski definition) is 5. The number of carbonyl (C=O) groups is 3. The molecule has 2 aromatic carbocycles. The Morgan fingerprint density at radius 3 is 2.40 bits per heavy atom. The van der Waals surface area contributed by atoms with Crippen LogP contribution in [0.1, 0.15) is 10.4 Å². The number of para-hydroxylation sites is 1. The first-order valence-corrected chi connectivity index (χ1v) is 9.46. The Morgan fingerprint density at radius 1 is 0.967 bits per heavy atom. The zero-order chi connectivity index (χ0) is 21.4. The Morgan fingerprint density at radius 2 is 1.63 bits per heavy atom. The number of β-amino-alcohol motifs (C(OH)–C–C–N with tert-alkyl or cyclic N) is 1. The molecule has 0 bridgehead atoms. The molecule has 0 saturated carbocycles. The summed E-state index contributed by atoms with van der Waals surface area (Å²) in [5.74, 6) is -2.38. The second-order valence-electron chi connectivity index (χ2n) is 7.28. The van der Waals surface area contributed by atoms with E-state index in [0.29, 0.717) is 27.4 Å². The monoisotopic (exact) mass is 408 g/mol. The van der Waals surface area contributed by atoms with E-state index in [0.717, 1.165) is 4.90 Å². The van der Waals surface area contributed by atoms with Crippen LogP contribution in [0.15, 0.2) is 47.3 Å². The molecule has 0 radical (unpaired) electrons. The minimum Gasteiger partial charge on any atom is -0.389 e. The second kappa shape index (κ2) is 7.60. The molecule has 1 saturated heterocycles. The molecule has 1 fully saturated rings. The van der Waals surface area contributed by atoms with Gasteiger partial charge >= 0.3 is 11.8 Å². The number of aliphatic hydroxyl groups is 1. The van der Waals surface area contributed by atoms with E-state index in [1.54, 1.807) is 24.3 Å². The molecule has 2 heterocycles. The SMILES string of the molecule is NC(=O)C(=O)N1CCN(C(=O)c2ccc3[nH]c4ccccc4c(=O)c3c2)CC(O)C1. The molecule has 1 aliphatic heterocycles. The summed E-state index contributed by atoms with van der Waals surface area (Å²) < 4.78 is 0. The van der Waals surface area contributed by atoms with E-state index in [1.165, 1.54) is 11.0 Å². The third-order valence-corrected chi connectivity index (χ3v) is 5.24. The van der Waals surface area contributed by atoms with Gasteiger partial charge in [0.1, 0.15) is 0 Å². The summed E-state index contributed by atoms with van der Waals surface area (Å²) >= 11 is 0. The lowest BCUT2D eigenvalue weighted by Crippen LogP contribution is -2.44. The van der Waals surface area contributed by atoms with Crippen LogP contribution in [0, 0.1) is 0 Å². The first kappa shape index (κ1) is 19.6. The van der Waals surface area contributed by atoms with Crippen LogP contribution >= 0.6 is 0 Å². The average Bonchev–Trinajstić information content (AvgIpc) is 2.94. The van der Waals surface area contributed by atoms with Gasteiger partial charge in [0.05, 0.1) is 6.10 Å². The zero-order valence-electron chi connectivity index (χ0n) is 16.0. The highest BCUT2D eigenvalue weighted by Gasteiger charge is 2.29. The Labute approximate surface area is 170 Å². The van der Waals surface area contributed by atoms with Crippen molar-refractivity contribution < 1.29 is 19.5 Å². The lowest BCUT2D eigenvalue weighted by atomic mass is 10.1. The maximum Gasteiger partial charge on any atom is 0.311 e. The van der Waals surface area contributed by atoms with Crippen molar-refractivity contribution in [2.24, 2.45) is 5.73 Å². The third-order valence-electron chi connectivity index (χ3n) is 5.24. The van der Waals surface area contributed by atoms with E-state index >= 15 is 0 Å². The highest BCUT2D eigenvalue weighted by atomic mass is 16.3. The van der Waals surface area contributed by atoms with Gasteiger partial charge in [-0.3, -0.25) is 19.2 Å². The topological polar surface area (TPSA) is 137 Å². The molecule has 0 spiro atoms. The minimum atomic E-state index is -1.11. The normalized spacial score (nSPS) is 17.2. The van der Waals surface area contributed by atoms with E-state index in [1.807, 2.05) is 12.1 Å². The summed E-state index contributed by atoms with van der Waals surface area (Å²) in [5.41, 5.74) is 6.48. The molecule has 3 aromatic rings. The standard InChI is InChI=1S/C21H20N4O5/c22-19(28)21(30)25-8-7-24(10-13(26)11-25)20(29)12-5-6-17-15(9-12)18(27)14-3-1-2-4-16(14)23-17/h1-6,9,13,26H,7-8,10-11H2,(H2,22,28)(H,23,27). The van der Waals surface area contributed by atoms with Crippen molar-refractivity contribution in [3.8, 4) is 0 Å². The minimum absolute atomic E-state index is 0.00646. The lowest BCUT2D eigenvalue weighted by Gasteiger charge is -2.22. The van der Waals surface area contributed by atoms with E-state index < -0.39 is 17.9 Å². The van der Waals surface area contributed by atoms with Gasteiger partial charge in [-0.05, 0) is 30.3 Å². The van der Waals surface area contributed by atoms with Crippen molar-refractivity contribution in [2.75, 3.05) is 26.2 Å². The predicted octanol–water partition coefficient (Wildman–Crippen LogP) is -0.188. The number of aromatic amines is 1. The molecule has 1 aromatic heterocycles. The largest absolute Gasteiger partial charge is 0.389 e. The van der Waals surface area contributed by atoms with Crippen LogP contribution < -0.4 is 11.2 Å². The number of hydrogen-bond donors (Lipinski definition) is 3. The molecular formula is C21H20N4O5. The fourth-order valence-corrected chi connectivity index (χ4v) is 3.75. The van der Waals surface area contributed by atoms with Crippen molar-refractivity contribution in [3.05, 3.63) is 58.3 Å². The molecular weight excluding hydrogens is 388 g/mol. The van der Waals surface area contributed by atoms with Gasteiger partial charge in [-0.25, -0.2) is 0 Å². The highest BCUT2D eigenvalue weighted by Crippen LogP contribution is 2.18. The number of benzene rings is 2. The van der Waals surface area contributed by atoms with Crippen molar-refractivity contribution in [1.82, 2.24) is 14.8 Å².